The molecule has 4 rings (SSSR count). The molecule has 0 radical (unpaired) electrons. The van der Waals surface area contributed by atoms with Gasteiger partial charge in [-0.2, -0.15) is 0 Å². The molecule has 0 fully saturated rings. The summed E-state index contributed by atoms with van der Waals surface area (Å²) in [6, 6.07) is 21.0. The third-order valence-electron chi connectivity index (χ3n) is 5.49. The molecule has 27 heavy (non-hydrogen) atoms. The molecule has 1 aliphatic rings. The lowest BCUT2D eigenvalue weighted by Crippen LogP contribution is -2.36. The minimum atomic E-state index is -0.781. The number of unbranched alkanes of at least 4 members (excludes halogenated alkanes) is 1. The van der Waals surface area contributed by atoms with Crippen molar-refractivity contribution in [1.29, 1.82) is 0 Å². The fraction of sp³-hybridized carbons (Fsp3) is 0.240. The molecular formula is C25H24O2. The lowest BCUT2D eigenvalue weighted by atomic mass is 9.71. The second-order valence-corrected chi connectivity index (χ2v) is 7.36. The summed E-state index contributed by atoms with van der Waals surface area (Å²) in [6.45, 7) is 7.68. The van der Waals surface area contributed by atoms with Gasteiger partial charge in [0.25, 0.3) is 0 Å². The number of benzene rings is 3. The molecule has 0 saturated carbocycles. The molecule has 2 heteroatoms. The minimum absolute atomic E-state index is 0.336. The third kappa shape index (κ3) is 2.68. The van der Waals surface area contributed by atoms with E-state index in [1.807, 2.05) is 6.07 Å². The normalized spacial score (nSPS) is 17.4. The Hall–Kier alpha value is -2.87. The van der Waals surface area contributed by atoms with Gasteiger partial charge in [-0.25, -0.2) is 4.79 Å². The second-order valence-electron chi connectivity index (χ2n) is 7.36. The van der Waals surface area contributed by atoms with Gasteiger partial charge in [-0.15, -0.1) is 0 Å². The molecule has 1 atom stereocenters. The van der Waals surface area contributed by atoms with Gasteiger partial charge in [0.2, 0.25) is 0 Å². The summed E-state index contributed by atoms with van der Waals surface area (Å²) in [5.41, 5.74) is 4.15. The van der Waals surface area contributed by atoms with E-state index in [0.29, 0.717) is 5.57 Å². The van der Waals surface area contributed by atoms with Crippen LogP contribution in [0.5, 0.6) is 0 Å². The highest BCUT2D eigenvalue weighted by molar-refractivity contribution is 6.03. The molecule has 0 saturated heterocycles. The van der Waals surface area contributed by atoms with E-state index < -0.39 is 5.60 Å². The number of fused-ring (bicyclic) bond motifs is 2. The molecule has 0 N–H and O–H groups in total. The number of esters is 1. The number of rotatable bonds is 5. The molecule has 0 bridgehead atoms. The highest BCUT2D eigenvalue weighted by Crippen LogP contribution is 2.51. The van der Waals surface area contributed by atoms with Crippen molar-refractivity contribution < 1.29 is 9.53 Å². The van der Waals surface area contributed by atoms with Gasteiger partial charge in [-0.3, -0.25) is 0 Å². The largest absolute Gasteiger partial charge is 0.446 e. The number of hydrogen-bond donors (Lipinski definition) is 0. The van der Waals surface area contributed by atoms with E-state index in [2.05, 4.69) is 68.1 Å². The third-order valence-corrected chi connectivity index (χ3v) is 5.49. The zero-order valence-corrected chi connectivity index (χ0v) is 15.9. The molecule has 1 aliphatic carbocycles. The van der Waals surface area contributed by atoms with Crippen LogP contribution < -0.4 is 0 Å². The molecule has 0 amide bonds. The second kappa shape index (κ2) is 6.70. The summed E-state index contributed by atoms with van der Waals surface area (Å²) in [5.74, 6) is -0.336. The number of hydrogen-bond acceptors (Lipinski definition) is 2. The minimum Gasteiger partial charge on any atom is -0.446 e. The maximum Gasteiger partial charge on any atom is 0.334 e. The van der Waals surface area contributed by atoms with Crippen molar-refractivity contribution in [3.8, 4) is 11.1 Å². The van der Waals surface area contributed by atoms with E-state index >= 15 is 0 Å². The van der Waals surface area contributed by atoms with E-state index in [-0.39, 0.29) is 5.97 Å². The maximum atomic E-state index is 12.7. The van der Waals surface area contributed by atoms with E-state index in [1.165, 1.54) is 16.3 Å². The lowest BCUT2D eigenvalue weighted by Gasteiger charge is -2.40. The molecule has 3 aromatic carbocycles. The van der Waals surface area contributed by atoms with Gasteiger partial charge in [-0.1, -0.05) is 80.6 Å². The van der Waals surface area contributed by atoms with Crippen molar-refractivity contribution >= 4 is 16.7 Å². The Labute approximate surface area is 160 Å². The van der Waals surface area contributed by atoms with Crippen molar-refractivity contribution in [2.45, 2.75) is 38.7 Å². The molecule has 3 aromatic rings. The van der Waals surface area contributed by atoms with Gasteiger partial charge >= 0.3 is 5.97 Å². The van der Waals surface area contributed by atoms with Crippen LogP contribution in [0.2, 0.25) is 0 Å². The van der Waals surface area contributed by atoms with E-state index in [4.69, 9.17) is 4.74 Å². The molecular weight excluding hydrogens is 332 g/mol. The Morgan fingerprint density at radius 2 is 1.63 bits per heavy atom. The van der Waals surface area contributed by atoms with Crippen molar-refractivity contribution in [3.63, 3.8) is 0 Å². The van der Waals surface area contributed by atoms with E-state index in [0.717, 1.165) is 36.0 Å². The topological polar surface area (TPSA) is 26.3 Å². The molecule has 136 valence electrons. The van der Waals surface area contributed by atoms with Crippen LogP contribution in [0.15, 0.2) is 72.8 Å². The first-order valence-corrected chi connectivity index (χ1v) is 9.59. The molecule has 0 aromatic heterocycles. The zero-order chi connectivity index (χ0) is 19.0. The summed E-state index contributed by atoms with van der Waals surface area (Å²) in [4.78, 5) is 12.7. The van der Waals surface area contributed by atoms with Crippen LogP contribution in [0.1, 0.15) is 44.2 Å². The van der Waals surface area contributed by atoms with Gasteiger partial charge in [0.15, 0.2) is 5.60 Å². The zero-order valence-electron chi connectivity index (χ0n) is 15.9. The smallest absolute Gasteiger partial charge is 0.334 e. The van der Waals surface area contributed by atoms with E-state index in [9.17, 15) is 4.79 Å². The molecule has 0 spiro atoms. The van der Waals surface area contributed by atoms with Crippen molar-refractivity contribution in [1.82, 2.24) is 0 Å². The molecule has 0 heterocycles. The fourth-order valence-electron chi connectivity index (χ4n) is 4.22. The van der Waals surface area contributed by atoms with Crippen LogP contribution in [0.4, 0.5) is 0 Å². The van der Waals surface area contributed by atoms with Gasteiger partial charge in [0.1, 0.15) is 0 Å². The lowest BCUT2D eigenvalue weighted by molar-refractivity contribution is -0.152. The molecule has 1 unspecified atom stereocenters. The first-order valence-electron chi connectivity index (χ1n) is 9.59. The predicted octanol–water partition coefficient (Wildman–Crippen LogP) is 6.37. The number of carbonyl (C=O) groups is 1. The quantitative estimate of drug-likeness (QED) is 0.392. The summed E-state index contributed by atoms with van der Waals surface area (Å²) >= 11 is 0. The Bertz CT molecular complexity index is 1040. The maximum absolute atomic E-state index is 12.7. The highest BCUT2D eigenvalue weighted by atomic mass is 16.6. The predicted molar refractivity (Wildman–Crippen MR) is 111 cm³/mol. The number of ether oxygens (including phenoxy) is 1. The van der Waals surface area contributed by atoms with Crippen LogP contribution in [0, 0.1) is 0 Å². The first-order chi connectivity index (χ1) is 13.1. The molecule has 0 aliphatic heterocycles. The van der Waals surface area contributed by atoms with Crippen LogP contribution in [-0.4, -0.2) is 5.97 Å². The average molecular weight is 356 g/mol. The first kappa shape index (κ1) is 17.5. The van der Waals surface area contributed by atoms with Gasteiger partial charge in [0, 0.05) is 16.7 Å². The monoisotopic (exact) mass is 356 g/mol. The Balaban J connectivity index is 2.09. The van der Waals surface area contributed by atoms with Gasteiger partial charge in [0.05, 0.1) is 0 Å². The van der Waals surface area contributed by atoms with Crippen molar-refractivity contribution in [2.24, 2.45) is 0 Å². The Kier molecular flexibility index (Phi) is 4.35. The Morgan fingerprint density at radius 1 is 0.963 bits per heavy atom. The fourth-order valence-corrected chi connectivity index (χ4v) is 4.22. The van der Waals surface area contributed by atoms with E-state index in [1.54, 1.807) is 6.92 Å². The standard InChI is InChI=1S/C25H24O2/c1-4-5-16-25(27-24(26)17(2)3)21-14-7-6-12-19(21)20-13-8-10-18-11-9-15-22(25)23(18)20/h6-15H,2,4-5,16H2,1,3H3. The summed E-state index contributed by atoms with van der Waals surface area (Å²) in [6.07, 6.45) is 2.76. The Morgan fingerprint density at radius 3 is 2.37 bits per heavy atom. The van der Waals surface area contributed by atoms with Crippen molar-refractivity contribution in [3.05, 3.63) is 83.9 Å². The van der Waals surface area contributed by atoms with Crippen LogP contribution in [0.25, 0.3) is 21.9 Å². The number of carbonyl (C=O) groups excluding carboxylic acids is 1. The summed E-state index contributed by atoms with van der Waals surface area (Å²) in [7, 11) is 0. The SMILES string of the molecule is C=C(C)C(=O)OC1(CCCC)c2ccccc2-c2cccc3cccc1c23. The summed E-state index contributed by atoms with van der Waals surface area (Å²) < 4.78 is 6.28. The summed E-state index contributed by atoms with van der Waals surface area (Å²) in [5, 5.41) is 2.36. The average Bonchev–Trinajstić information content (AvgIpc) is 2.69. The van der Waals surface area contributed by atoms with Crippen molar-refractivity contribution in [2.75, 3.05) is 0 Å². The molecule has 2 nitrogen and oxygen atoms in total. The van der Waals surface area contributed by atoms with Crippen LogP contribution >= 0.6 is 0 Å². The van der Waals surface area contributed by atoms with Gasteiger partial charge in [-0.05, 0) is 41.7 Å². The van der Waals surface area contributed by atoms with Crippen LogP contribution in [-0.2, 0) is 15.1 Å². The van der Waals surface area contributed by atoms with Gasteiger partial charge < -0.3 is 4.74 Å². The highest BCUT2D eigenvalue weighted by Gasteiger charge is 2.44. The van der Waals surface area contributed by atoms with Crippen LogP contribution in [0.3, 0.4) is 0 Å².